The molecule has 0 aliphatic carbocycles. The van der Waals surface area contributed by atoms with Gasteiger partial charge in [0.2, 0.25) is 11.8 Å². The predicted octanol–water partition coefficient (Wildman–Crippen LogP) is 4.11. The monoisotopic (exact) mass is 364 g/mol. The molecule has 2 aromatic carbocycles. The van der Waals surface area contributed by atoms with Gasteiger partial charge in [-0.05, 0) is 49.2 Å². The molecule has 7 heteroatoms. The van der Waals surface area contributed by atoms with Gasteiger partial charge >= 0.3 is 6.03 Å². The highest BCUT2D eigenvalue weighted by Crippen LogP contribution is 2.33. The van der Waals surface area contributed by atoms with Crippen LogP contribution in [0.15, 0.2) is 59.0 Å². The van der Waals surface area contributed by atoms with Gasteiger partial charge in [-0.2, -0.15) is 0 Å². The van der Waals surface area contributed by atoms with Crippen LogP contribution in [0.3, 0.4) is 0 Å². The number of hydrogen-bond donors (Lipinski definition) is 1. The van der Waals surface area contributed by atoms with Crippen LogP contribution in [0.4, 0.5) is 10.5 Å². The highest BCUT2D eigenvalue weighted by atomic mass is 16.5. The summed E-state index contributed by atoms with van der Waals surface area (Å²) in [5, 5.41) is 11.2. The van der Waals surface area contributed by atoms with E-state index in [0.29, 0.717) is 24.0 Å². The van der Waals surface area contributed by atoms with Crippen LogP contribution in [0.25, 0.3) is 11.5 Å². The lowest BCUT2D eigenvalue weighted by molar-refractivity contribution is 0.198. The maximum atomic E-state index is 12.7. The number of carbonyl (C=O) groups is 1. The summed E-state index contributed by atoms with van der Waals surface area (Å²) in [6.07, 6.45) is 1.69. The van der Waals surface area contributed by atoms with Crippen molar-refractivity contribution in [3.63, 3.8) is 0 Å². The number of carbonyl (C=O) groups excluding carboxylic acids is 1. The summed E-state index contributed by atoms with van der Waals surface area (Å²) < 4.78 is 11.0. The third-order valence-corrected chi connectivity index (χ3v) is 4.60. The Balaban J connectivity index is 1.48. The van der Waals surface area contributed by atoms with Gasteiger partial charge < -0.3 is 19.4 Å². The second-order valence-electron chi connectivity index (χ2n) is 6.32. The molecule has 1 aliphatic rings. The van der Waals surface area contributed by atoms with Gasteiger partial charge in [0.05, 0.1) is 7.11 Å². The first-order valence-corrected chi connectivity index (χ1v) is 8.85. The van der Waals surface area contributed by atoms with Gasteiger partial charge in [0.25, 0.3) is 0 Å². The minimum absolute atomic E-state index is 0.179. The summed E-state index contributed by atoms with van der Waals surface area (Å²) in [6, 6.07) is 16.4. The van der Waals surface area contributed by atoms with E-state index in [1.165, 1.54) is 0 Å². The van der Waals surface area contributed by atoms with Crippen LogP contribution in [0.2, 0.25) is 0 Å². The van der Waals surface area contributed by atoms with Crippen LogP contribution in [0, 0.1) is 0 Å². The zero-order valence-electron chi connectivity index (χ0n) is 15.0. The van der Waals surface area contributed by atoms with E-state index < -0.39 is 0 Å². The molecule has 1 unspecified atom stereocenters. The van der Waals surface area contributed by atoms with Crippen molar-refractivity contribution in [2.75, 3.05) is 19.0 Å². The van der Waals surface area contributed by atoms with Gasteiger partial charge in [-0.1, -0.05) is 18.2 Å². The SMILES string of the molecule is COc1ccc(NC(=O)N2CCCC2c2nnc(-c3ccccc3)o2)cc1. The molecule has 1 fully saturated rings. The Morgan fingerprint density at radius 3 is 2.67 bits per heavy atom. The molecular formula is C20H20N4O3. The summed E-state index contributed by atoms with van der Waals surface area (Å²) >= 11 is 0. The smallest absolute Gasteiger partial charge is 0.322 e. The summed E-state index contributed by atoms with van der Waals surface area (Å²) in [4.78, 5) is 14.5. The number of benzene rings is 2. The van der Waals surface area contributed by atoms with E-state index in [1.54, 1.807) is 24.1 Å². The van der Waals surface area contributed by atoms with E-state index in [1.807, 2.05) is 42.5 Å². The minimum atomic E-state index is -0.215. The van der Waals surface area contributed by atoms with Crippen LogP contribution in [0.5, 0.6) is 5.75 Å². The first-order valence-electron chi connectivity index (χ1n) is 8.85. The number of amides is 2. The van der Waals surface area contributed by atoms with E-state index in [0.717, 1.165) is 24.2 Å². The fraction of sp³-hybridized carbons (Fsp3) is 0.250. The third-order valence-electron chi connectivity index (χ3n) is 4.60. The maximum absolute atomic E-state index is 12.7. The quantitative estimate of drug-likeness (QED) is 0.753. The minimum Gasteiger partial charge on any atom is -0.497 e. The van der Waals surface area contributed by atoms with Crippen molar-refractivity contribution in [3.8, 4) is 17.2 Å². The molecule has 4 rings (SSSR count). The lowest BCUT2D eigenvalue weighted by Crippen LogP contribution is -2.34. The normalized spacial score (nSPS) is 16.3. The molecule has 3 aromatic rings. The lowest BCUT2D eigenvalue weighted by Gasteiger charge is -2.22. The Bertz CT molecular complexity index is 908. The fourth-order valence-corrected chi connectivity index (χ4v) is 3.20. The van der Waals surface area contributed by atoms with E-state index in [9.17, 15) is 4.79 Å². The highest BCUT2D eigenvalue weighted by molar-refractivity contribution is 5.89. The van der Waals surface area contributed by atoms with Crippen LogP contribution in [0.1, 0.15) is 24.8 Å². The number of urea groups is 1. The number of nitrogens with one attached hydrogen (secondary N) is 1. The average Bonchev–Trinajstić information content (AvgIpc) is 3.38. The maximum Gasteiger partial charge on any atom is 0.322 e. The standard InChI is InChI=1S/C20H20N4O3/c1-26-16-11-9-15(10-12-16)21-20(25)24-13-5-8-17(24)19-23-22-18(27-19)14-6-3-2-4-7-14/h2-4,6-7,9-12,17H,5,8,13H2,1H3,(H,21,25). The van der Waals surface area contributed by atoms with Gasteiger partial charge in [0.1, 0.15) is 11.8 Å². The Morgan fingerprint density at radius 1 is 1.15 bits per heavy atom. The molecule has 0 bridgehead atoms. The van der Waals surface area contributed by atoms with Gasteiger partial charge in [-0.25, -0.2) is 4.79 Å². The molecule has 7 nitrogen and oxygen atoms in total. The van der Waals surface area contributed by atoms with Gasteiger partial charge in [-0.15, -0.1) is 10.2 Å². The summed E-state index contributed by atoms with van der Waals surface area (Å²) in [5.74, 6) is 1.68. The molecule has 0 spiro atoms. The first-order chi connectivity index (χ1) is 13.2. The third kappa shape index (κ3) is 3.62. The molecule has 2 heterocycles. The number of hydrogen-bond acceptors (Lipinski definition) is 5. The largest absolute Gasteiger partial charge is 0.497 e. The molecular weight excluding hydrogens is 344 g/mol. The molecule has 1 atom stereocenters. The average molecular weight is 364 g/mol. The molecule has 1 N–H and O–H groups in total. The molecule has 0 radical (unpaired) electrons. The van der Waals surface area contributed by atoms with E-state index in [4.69, 9.17) is 9.15 Å². The Hall–Kier alpha value is -3.35. The zero-order valence-corrected chi connectivity index (χ0v) is 15.0. The van der Waals surface area contributed by atoms with E-state index in [2.05, 4.69) is 15.5 Å². The topological polar surface area (TPSA) is 80.5 Å². The van der Waals surface area contributed by atoms with Gasteiger partial charge in [0.15, 0.2) is 0 Å². The number of ether oxygens (including phenoxy) is 1. The van der Waals surface area contributed by atoms with Crippen LogP contribution < -0.4 is 10.1 Å². The number of likely N-dealkylation sites (tertiary alicyclic amines) is 1. The predicted molar refractivity (Wildman–Crippen MR) is 100 cm³/mol. The number of rotatable bonds is 4. The van der Waals surface area contributed by atoms with Crippen molar-refractivity contribution >= 4 is 11.7 Å². The van der Waals surface area contributed by atoms with Crippen LogP contribution >= 0.6 is 0 Å². The first kappa shape index (κ1) is 17.1. The number of methoxy groups -OCH3 is 1. The van der Waals surface area contributed by atoms with Gasteiger partial charge in [-0.3, -0.25) is 0 Å². The van der Waals surface area contributed by atoms with Crippen molar-refractivity contribution in [2.45, 2.75) is 18.9 Å². The molecule has 2 amide bonds. The van der Waals surface area contributed by atoms with Crippen molar-refractivity contribution in [3.05, 3.63) is 60.5 Å². The molecule has 1 aliphatic heterocycles. The number of anilines is 1. The number of aromatic nitrogens is 2. The molecule has 0 saturated carbocycles. The van der Waals surface area contributed by atoms with Crippen molar-refractivity contribution < 1.29 is 13.9 Å². The molecule has 1 aromatic heterocycles. The van der Waals surface area contributed by atoms with Crippen LogP contribution in [-0.2, 0) is 0 Å². The van der Waals surface area contributed by atoms with Crippen molar-refractivity contribution in [1.29, 1.82) is 0 Å². The molecule has 27 heavy (non-hydrogen) atoms. The lowest BCUT2D eigenvalue weighted by atomic mass is 10.2. The zero-order chi connectivity index (χ0) is 18.6. The summed E-state index contributed by atoms with van der Waals surface area (Å²) in [5.41, 5.74) is 1.57. The van der Waals surface area contributed by atoms with Gasteiger partial charge in [0, 0.05) is 17.8 Å². The molecule has 1 saturated heterocycles. The second-order valence-corrected chi connectivity index (χ2v) is 6.32. The Kier molecular flexibility index (Phi) is 4.74. The number of nitrogens with zero attached hydrogens (tertiary/aromatic N) is 3. The van der Waals surface area contributed by atoms with E-state index in [-0.39, 0.29) is 12.1 Å². The second kappa shape index (κ2) is 7.49. The van der Waals surface area contributed by atoms with Crippen molar-refractivity contribution in [1.82, 2.24) is 15.1 Å². The Morgan fingerprint density at radius 2 is 1.93 bits per heavy atom. The summed E-state index contributed by atoms with van der Waals surface area (Å²) in [6.45, 7) is 0.649. The Labute approximate surface area is 157 Å². The van der Waals surface area contributed by atoms with Crippen LogP contribution in [-0.4, -0.2) is 34.8 Å². The highest BCUT2D eigenvalue weighted by Gasteiger charge is 2.34. The fourth-order valence-electron chi connectivity index (χ4n) is 3.20. The van der Waals surface area contributed by atoms with E-state index >= 15 is 0 Å². The summed E-state index contributed by atoms with van der Waals surface area (Å²) in [7, 11) is 1.61. The van der Waals surface area contributed by atoms with Crippen molar-refractivity contribution in [2.24, 2.45) is 0 Å². The molecule has 138 valence electrons.